The maximum Gasteiger partial charge on any atom is 0.154 e. The van der Waals surface area contributed by atoms with Crippen molar-refractivity contribution in [2.75, 3.05) is 37.4 Å². The van der Waals surface area contributed by atoms with Gasteiger partial charge in [0.25, 0.3) is 0 Å². The third-order valence-corrected chi connectivity index (χ3v) is 5.15. The molecule has 146 valence electrons. The Morgan fingerprint density at radius 1 is 1.30 bits per heavy atom. The second-order valence-electron chi connectivity index (χ2n) is 7.86. The second-order valence-corrected chi connectivity index (χ2v) is 7.86. The van der Waals surface area contributed by atoms with E-state index in [9.17, 15) is 5.11 Å². The van der Waals surface area contributed by atoms with Crippen LogP contribution in [0.25, 0.3) is 0 Å². The van der Waals surface area contributed by atoms with E-state index in [2.05, 4.69) is 35.2 Å². The average molecular weight is 372 g/mol. The first-order valence-electron chi connectivity index (χ1n) is 9.54. The molecule has 1 aliphatic heterocycles. The average Bonchev–Trinajstić information content (AvgIpc) is 3.32. The summed E-state index contributed by atoms with van der Waals surface area (Å²) < 4.78 is 1.84. The van der Waals surface area contributed by atoms with Crippen molar-refractivity contribution in [1.82, 2.24) is 29.6 Å². The van der Waals surface area contributed by atoms with Crippen molar-refractivity contribution in [3.05, 3.63) is 24.0 Å². The molecule has 1 saturated heterocycles. The first-order chi connectivity index (χ1) is 13.0. The molecule has 27 heavy (non-hydrogen) atoms. The maximum absolute atomic E-state index is 10.1. The van der Waals surface area contributed by atoms with E-state index in [1.54, 1.807) is 6.33 Å². The zero-order valence-electron chi connectivity index (χ0n) is 16.2. The Bertz CT molecular complexity index is 787. The Kier molecular flexibility index (Phi) is 4.96. The van der Waals surface area contributed by atoms with Gasteiger partial charge in [0.15, 0.2) is 5.82 Å². The van der Waals surface area contributed by atoms with Gasteiger partial charge >= 0.3 is 0 Å². The number of nitrogens with zero attached hydrogens (tertiary/aromatic N) is 7. The normalized spacial score (nSPS) is 22.6. The maximum atomic E-state index is 10.1. The number of likely N-dealkylation sites (N-methyl/N-ethyl adjacent to an activating group) is 1. The molecule has 0 aromatic carbocycles. The van der Waals surface area contributed by atoms with Gasteiger partial charge in [0.2, 0.25) is 0 Å². The number of aryl methyl sites for hydroxylation is 1. The summed E-state index contributed by atoms with van der Waals surface area (Å²) >= 11 is 0. The molecule has 4 rings (SSSR count). The molecule has 2 aromatic rings. The number of aliphatic hydroxyl groups is 1. The van der Waals surface area contributed by atoms with Crippen molar-refractivity contribution in [2.24, 2.45) is 7.05 Å². The summed E-state index contributed by atoms with van der Waals surface area (Å²) in [5, 5.41) is 17.9. The van der Waals surface area contributed by atoms with E-state index in [-0.39, 0.29) is 12.1 Å². The molecule has 0 unspecified atom stereocenters. The van der Waals surface area contributed by atoms with Crippen LogP contribution in [0.5, 0.6) is 0 Å². The predicted octanol–water partition coefficient (Wildman–Crippen LogP) is 0.596. The van der Waals surface area contributed by atoms with Crippen molar-refractivity contribution in [1.29, 1.82) is 0 Å². The van der Waals surface area contributed by atoms with Crippen molar-refractivity contribution in [2.45, 2.75) is 43.9 Å². The lowest BCUT2D eigenvalue weighted by molar-refractivity contribution is 0.191. The summed E-state index contributed by atoms with van der Waals surface area (Å²) in [6, 6.07) is 2.19. The van der Waals surface area contributed by atoms with Gasteiger partial charge in [-0.2, -0.15) is 5.10 Å². The first-order valence-corrected chi connectivity index (χ1v) is 9.54. The van der Waals surface area contributed by atoms with Gasteiger partial charge in [-0.05, 0) is 33.4 Å². The molecule has 0 bridgehead atoms. The van der Waals surface area contributed by atoms with Crippen LogP contribution < -0.4 is 10.2 Å². The lowest BCUT2D eigenvalue weighted by Crippen LogP contribution is -2.38. The lowest BCUT2D eigenvalue weighted by atomic mass is 10.2. The van der Waals surface area contributed by atoms with E-state index in [0.717, 1.165) is 36.3 Å². The van der Waals surface area contributed by atoms with Crippen molar-refractivity contribution in [3.8, 4) is 0 Å². The van der Waals surface area contributed by atoms with Crippen LogP contribution in [0.1, 0.15) is 36.8 Å². The molecule has 0 amide bonds. The molecule has 3 heterocycles. The molecule has 0 radical (unpaired) electrons. The van der Waals surface area contributed by atoms with Crippen LogP contribution in [0.2, 0.25) is 0 Å². The highest BCUT2D eigenvalue weighted by molar-refractivity contribution is 5.50. The van der Waals surface area contributed by atoms with Crippen LogP contribution in [0.4, 0.5) is 11.6 Å². The highest BCUT2D eigenvalue weighted by Crippen LogP contribution is 2.38. The summed E-state index contributed by atoms with van der Waals surface area (Å²) in [5.74, 6) is 3.99. The van der Waals surface area contributed by atoms with Crippen LogP contribution in [0, 0.1) is 0 Å². The molecular weight excluding hydrogens is 344 g/mol. The fourth-order valence-corrected chi connectivity index (χ4v) is 3.64. The molecule has 2 aliphatic rings. The zero-order chi connectivity index (χ0) is 19.0. The number of anilines is 2. The van der Waals surface area contributed by atoms with Gasteiger partial charge in [0.05, 0.1) is 12.6 Å². The number of hydrogen-bond donors (Lipinski definition) is 2. The van der Waals surface area contributed by atoms with Crippen LogP contribution in [-0.2, 0) is 13.6 Å². The van der Waals surface area contributed by atoms with Crippen LogP contribution in [0.15, 0.2) is 12.4 Å². The van der Waals surface area contributed by atoms with Crippen LogP contribution in [-0.4, -0.2) is 74.1 Å². The molecule has 2 fully saturated rings. The molecule has 2 atom stereocenters. The summed E-state index contributed by atoms with van der Waals surface area (Å²) in [4.78, 5) is 17.7. The number of nitrogens with one attached hydrogen (secondary N) is 1. The van der Waals surface area contributed by atoms with E-state index < -0.39 is 0 Å². The van der Waals surface area contributed by atoms with Gasteiger partial charge in [-0.1, -0.05) is 0 Å². The minimum absolute atomic E-state index is 0.248. The van der Waals surface area contributed by atoms with Gasteiger partial charge < -0.3 is 20.2 Å². The SMILES string of the molecule is CN(C)C[C@H]1C[C@@H](O)CN1c1cc(NCc2nc(C3CC3)nn2C)ncn1. The number of rotatable bonds is 7. The molecule has 9 nitrogen and oxygen atoms in total. The third kappa shape index (κ3) is 4.19. The highest BCUT2D eigenvalue weighted by atomic mass is 16.3. The smallest absolute Gasteiger partial charge is 0.154 e. The minimum Gasteiger partial charge on any atom is -0.391 e. The summed E-state index contributed by atoms with van der Waals surface area (Å²) in [7, 11) is 6.03. The van der Waals surface area contributed by atoms with Gasteiger partial charge in [-0.25, -0.2) is 15.0 Å². The van der Waals surface area contributed by atoms with Crippen molar-refractivity contribution in [3.63, 3.8) is 0 Å². The van der Waals surface area contributed by atoms with E-state index in [0.29, 0.717) is 19.0 Å². The second kappa shape index (κ2) is 7.40. The van der Waals surface area contributed by atoms with Gasteiger partial charge in [-0.15, -0.1) is 0 Å². The highest BCUT2D eigenvalue weighted by Gasteiger charge is 2.32. The van der Waals surface area contributed by atoms with E-state index in [1.807, 2.05) is 31.9 Å². The van der Waals surface area contributed by atoms with E-state index >= 15 is 0 Å². The Morgan fingerprint density at radius 3 is 2.85 bits per heavy atom. The predicted molar refractivity (Wildman–Crippen MR) is 103 cm³/mol. The minimum atomic E-state index is -0.319. The molecule has 2 N–H and O–H groups in total. The van der Waals surface area contributed by atoms with E-state index in [1.165, 1.54) is 12.8 Å². The van der Waals surface area contributed by atoms with Crippen molar-refractivity contribution >= 4 is 11.6 Å². The Hall–Kier alpha value is -2.26. The number of aliphatic hydroxyl groups excluding tert-OH is 1. The van der Waals surface area contributed by atoms with Gasteiger partial charge in [0, 0.05) is 38.2 Å². The monoisotopic (exact) mass is 372 g/mol. The molecule has 9 heteroatoms. The van der Waals surface area contributed by atoms with Crippen molar-refractivity contribution < 1.29 is 5.11 Å². The van der Waals surface area contributed by atoms with Gasteiger partial charge in [0.1, 0.15) is 23.8 Å². The summed E-state index contributed by atoms with van der Waals surface area (Å²) in [6.45, 7) is 2.05. The van der Waals surface area contributed by atoms with E-state index in [4.69, 9.17) is 0 Å². The lowest BCUT2D eigenvalue weighted by Gasteiger charge is -2.27. The Labute approximate surface area is 159 Å². The number of β-amino-alcohol motifs (C(OH)–C–C–N with tert-alkyl or cyclic N) is 1. The standard InChI is InChI=1S/C18H28N8O/c1-24(2)9-13-6-14(27)10-26(13)16-7-15(20-11-21-16)19-8-17-22-18(12-4-5-12)23-25(17)3/h7,11-14,27H,4-6,8-10H2,1-3H3,(H,19,20,21)/t13-,14-/m1/s1. The number of aromatic nitrogens is 5. The molecule has 1 aliphatic carbocycles. The molecule has 2 aromatic heterocycles. The molecule has 0 spiro atoms. The van der Waals surface area contributed by atoms with Gasteiger partial charge in [-0.3, -0.25) is 4.68 Å². The van der Waals surface area contributed by atoms with Crippen LogP contribution >= 0.6 is 0 Å². The Morgan fingerprint density at radius 2 is 2.11 bits per heavy atom. The third-order valence-electron chi connectivity index (χ3n) is 5.15. The summed E-state index contributed by atoms with van der Waals surface area (Å²) in [6.07, 6.45) is 4.40. The first kappa shape index (κ1) is 18.1. The Balaban J connectivity index is 1.44. The zero-order valence-corrected chi connectivity index (χ0v) is 16.2. The quantitative estimate of drug-likeness (QED) is 0.729. The van der Waals surface area contributed by atoms with Crippen LogP contribution in [0.3, 0.4) is 0 Å². The number of hydrogen-bond acceptors (Lipinski definition) is 8. The topological polar surface area (TPSA) is 95.2 Å². The summed E-state index contributed by atoms with van der Waals surface area (Å²) in [5.41, 5.74) is 0. The fourth-order valence-electron chi connectivity index (χ4n) is 3.64. The molecule has 1 saturated carbocycles. The largest absolute Gasteiger partial charge is 0.391 e. The molecular formula is C18H28N8O. The fraction of sp³-hybridized carbons (Fsp3) is 0.667.